The predicted molar refractivity (Wildman–Crippen MR) is 90.8 cm³/mol. The summed E-state index contributed by atoms with van der Waals surface area (Å²) < 4.78 is 1.91. The summed E-state index contributed by atoms with van der Waals surface area (Å²) in [4.78, 5) is 23.7. The maximum atomic E-state index is 11.9. The Morgan fingerprint density at radius 1 is 1.29 bits per heavy atom. The van der Waals surface area contributed by atoms with Gasteiger partial charge in [-0.3, -0.25) is 10.1 Å². The number of quaternary nitrogens is 1. The lowest BCUT2D eigenvalue weighted by Gasteiger charge is -2.20. The van der Waals surface area contributed by atoms with E-state index in [0.717, 1.165) is 27.5 Å². The predicted octanol–water partition coefficient (Wildman–Crippen LogP) is 0.0872. The highest BCUT2D eigenvalue weighted by Crippen LogP contribution is 2.16. The molecule has 0 aliphatic rings. The second-order valence-corrected chi connectivity index (χ2v) is 6.00. The van der Waals surface area contributed by atoms with E-state index in [0.29, 0.717) is 6.54 Å². The molecule has 0 bridgehead atoms. The van der Waals surface area contributed by atoms with Gasteiger partial charge in [0.1, 0.15) is 6.54 Å². The van der Waals surface area contributed by atoms with Crippen molar-refractivity contribution in [3.8, 4) is 5.69 Å². The number of benzene rings is 1. The summed E-state index contributed by atoms with van der Waals surface area (Å²) in [6.45, 7) is 6.37. The van der Waals surface area contributed by atoms with E-state index >= 15 is 0 Å². The van der Waals surface area contributed by atoms with Gasteiger partial charge in [-0.05, 0) is 32.9 Å². The molecule has 2 rings (SSSR count). The Morgan fingerprint density at radius 3 is 2.50 bits per heavy atom. The Hall–Kier alpha value is -2.67. The molecule has 1 heterocycles. The highest BCUT2D eigenvalue weighted by atomic mass is 16.2. The molecule has 3 amide bonds. The third-order valence-electron chi connectivity index (χ3n) is 4.28. The van der Waals surface area contributed by atoms with Crippen LogP contribution in [0.1, 0.15) is 23.9 Å². The summed E-state index contributed by atoms with van der Waals surface area (Å²) in [5.41, 5.74) is 9.07. The van der Waals surface area contributed by atoms with Gasteiger partial charge in [-0.15, -0.1) is 0 Å². The van der Waals surface area contributed by atoms with E-state index in [1.807, 2.05) is 55.9 Å². The van der Waals surface area contributed by atoms with Crippen LogP contribution in [0.5, 0.6) is 0 Å². The first-order valence-corrected chi connectivity index (χ1v) is 7.84. The number of nitrogens with one attached hydrogen (secondary N) is 2. The lowest BCUT2D eigenvalue weighted by Crippen LogP contribution is -3.12. The van der Waals surface area contributed by atoms with Gasteiger partial charge in [0.25, 0.3) is 5.91 Å². The molecule has 1 aromatic carbocycles. The Morgan fingerprint density at radius 2 is 1.92 bits per heavy atom. The number of carbonyl (C=O) groups excluding carboxylic acids is 2. The summed E-state index contributed by atoms with van der Waals surface area (Å²) in [6, 6.07) is 8.68. The molecule has 2 atom stereocenters. The molecule has 7 heteroatoms. The van der Waals surface area contributed by atoms with Crippen LogP contribution in [-0.4, -0.2) is 34.8 Å². The standard InChI is InChI=1S/C17H23N5O2/c1-11-15(10-21(4)13(3)16(23)19-17(18)24)12(2)22(20-11)14-8-6-5-7-9-14/h5-9,13H,10H2,1-4H3,(H3,18,19,23,24)/p+1/t13-/m1/s1. The third-order valence-corrected chi connectivity index (χ3v) is 4.28. The van der Waals surface area contributed by atoms with Crippen LogP contribution < -0.4 is 16.0 Å². The number of hydrogen-bond acceptors (Lipinski definition) is 3. The number of amides is 3. The number of carbonyl (C=O) groups is 2. The van der Waals surface area contributed by atoms with Crippen LogP contribution in [0.25, 0.3) is 5.69 Å². The van der Waals surface area contributed by atoms with E-state index in [4.69, 9.17) is 5.73 Å². The van der Waals surface area contributed by atoms with Crippen LogP contribution in [0.4, 0.5) is 4.79 Å². The third kappa shape index (κ3) is 3.80. The lowest BCUT2D eigenvalue weighted by atomic mass is 10.1. The number of para-hydroxylation sites is 1. The van der Waals surface area contributed by atoms with Crippen molar-refractivity contribution < 1.29 is 14.5 Å². The molecule has 0 spiro atoms. The zero-order valence-corrected chi connectivity index (χ0v) is 14.5. The average molecular weight is 330 g/mol. The smallest absolute Gasteiger partial charge is 0.319 e. The Labute approximate surface area is 141 Å². The Bertz CT molecular complexity index is 739. The van der Waals surface area contributed by atoms with Crippen molar-refractivity contribution in [1.29, 1.82) is 0 Å². The van der Waals surface area contributed by atoms with Crippen LogP contribution in [0.3, 0.4) is 0 Å². The van der Waals surface area contributed by atoms with Gasteiger partial charge in [-0.25, -0.2) is 9.48 Å². The number of nitrogens with two attached hydrogens (primary N) is 1. The van der Waals surface area contributed by atoms with Crippen LogP contribution in [0.2, 0.25) is 0 Å². The Balaban J connectivity index is 2.20. The first kappa shape index (κ1) is 17.7. The van der Waals surface area contributed by atoms with Gasteiger partial charge in [-0.1, -0.05) is 18.2 Å². The van der Waals surface area contributed by atoms with Crippen molar-refractivity contribution >= 4 is 11.9 Å². The minimum atomic E-state index is -0.830. The van der Waals surface area contributed by atoms with Crippen molar-refractivity contribution in [1.82, 2.24) is 15.1 Å². The highest BCUT2D eigenvalue weighted by molar-refractivity contribution is 5.95. The van der Waals surface area contributed by atoms with Gasteiger partial charge in [0.05, 0.1) is 29.7 Å². The van der Waals surface area contributed by atoms with E-state index in [1.54, 1.807) is 6.92 Å². The van der Waals surface area contributed by atoms with Crippen molar-refractivity contribution in [2.75, 3.05) is 7.05 Å². The zero-order chi connectivity index (χ0) is 17.9. The molecule has 1 aromatic heterocycles. The summed E-state index contributed by atoms with van der Waals surface area (Å²) in [5.74, 6) is -0.384. The molecule has 2 aromatic rings. The molecule has 0 fully saturated rings. The molecular formula is C17H24N5O2+. The number of rotatable bonds is 5. The minimum Gasteiger partial charge on any atom is -0.351 e. The molecule has 0 aliphatic heterocycles. The average Bonchev–Trinajstić information content (AvgIpc) is 2.82. The number of likely N-dealkylation sites (N-methyl/N-ethyl adjacent to an activating group) is 1. The summed E-state index contributed by atoms with van der Waals surface area (Å²) >= 11 is 0. The van der Waals surface area contributed by atoms with Gasteiger partial charge in [0.2, 0.25) is 0 Å². The fraction of sp³-hybridized carbons (Fsp3) is 0.353. The first-order chi connectivity index (χ1) is 11.3. The molecule has 0 saturated carbocycles. The quantitative estimate of drug-likeness (QED) is 0.725. The van der Waals surface area contributed by atoms with Gasteiger partial charge in [-0.2, -0.15) is 5.10 Å². The van der Waals surface area contributed by atoms with Crippen molar-refractivity contribution in [2.45, 2.75) is 33.4 Å². The van der Waals surface area contributed by atoms with E-state index in [-0.39, 0.29) is 5.91 Å². The fourth-order valence-electron chi connectivity index (χ4n) is 2.64. The van der Waals surface area contributed by atoms with E-state index in [2.05, 4.69) is 10.4 Å². The number of imide groups is 1. The Kier molecular flexibility index (Phi) is 5.35. The summed E-state index contributed by atoms with van der Waals surface area (Å²) in [5, 5.41) is 6.74. The maximum Gasteiger partial charge on any atom is 0.319 e. The second kappa shape index (κ2) is 7.27. The first-order valence-electron chi connectivity index (χ1n) is 7.84. The summed E-state index contributed by atoms with van der Waals surface area (Å²) in [7, 11) is 1.91. The zero-order valence-electron chi connectivity index (χ0n) is 14.5. The normalized spacial score (nSPS) is 13.3. The number of primary amides is 1. The second-order valence-electron chi connectivity index (χ2n) is 6.00. The number of aromatic nitrogens is 2. The minimum absolute atomic E-state index is 0.384. The number of nitrogens with zero attached hydrogens (tertiary/aromatic N) is 2. The number of urea groups is 1. The van der Waals surface area contributed by atoms with Crippen LogP contribution in [0.15, 0.2) is 30.3 Å². The molecule has 1 unspecified atom stereocenters. The molecule has 7 nitrogen and oxygen atoms in total. The fourth-order valence-corrected chi connectivity index (χ4v) is 2.64. The number of aryl methyl sites for hydroxylation is 1. The van der Waals surface area contributed by atoms with Crippen molar-refractivity contribution in [2.24, 2.45) is 5.73 Å². The van der Waals surface area contributed by atoms with Gasteiger partial charge < -0.3 is 10.6 Å². The largest absolute Gasteiger partial charge is 0.351 e. The molecule has 0 saturated heterocycles. The van der Waals surface area contributed by atoms with Gasteiger partial charge in [0, 0.05) is 0 Å². The van der Waals surface area contributed by atoms with Gasteiger partial charge >= 0.3 is 6.03 Å². The van der Waals surface area contributed by atoms with Crippen molar-refractivity contribution in [3.05, 3.63) is 47.3 Å². The van der Waals surface area contributed by atoms with Gasteiger partial charge in [0.15, 0.2) is 6.04 Å². The lowest BCUT2D eigenvalue weighted by molar-refractivity contribution is -0.908. The molecule has 24 heavy (non-hydrogen) atoms. The molecule has 0 aliphatic carbocycles. The van der Waals surface area contributed by atoms with Crippen LogP contribution in [-0.2, 0) is 11.3 Å². The molecular weight excluding hydrogens is 306 g/mol. The van der Waals surface area contributed by atoms with E-state index in [9.17, 15) is 9.59 Å². The van der Waals surface area contributed by atoms with Crippen molar-refractivity contribution in [3.63, 3.8) is 0 Å². The SMILES string of the molecule is Cc1nn(-c2ccccc2)c(C)c1C[NH+](C)[C@H](C)C(=O)NC(N)=O. The van der Waals surface area contributed by atoms with E-state index in [1.165, 1.54) is 0 Å². The molecule has 128 valence electrons. The molecule has 4 N–H and O–H groups in total. The molecule has 0 radical (unpaired) electrons. The van der Waals surface area contributed by atoms with Crippen LogP contribution in [0, 0.1) is 13.8 Å². The monoisotopic (exact) mass is 330 g/mol. The van der Waals surface area contributed by atoms with E-state index < -0.39 is 12.1 Å². The highest BCUT2D eigenvalue weighted by Gasteiger charge is 2.25. The van der Waals surface area contributed by atoms with Crippen LogP contribution >= 0.6 is 0 Å². The summed E-state index contributed by atoms with van der Waals surface area (Å²) in [6.07, 6.45) is 0. The maximum absolute atomic E-state index is 11.9. The number of hydrogen-bond donors (Lipinski definition) is 3. The topological polar surface area (TPSA) is 94.4 Å².